The summed E-state index contributed by atoms with van der Waals surface area (Å²) in [7, 11) is 1.97. The highest BCUT2D eigenvalue weighted by molar-refractivity contribution is 8.15. The number of aromatic nitrogens is 2. The summed E-state index contributed by atoms with van der Waals surface area (Å²) in [6.45, 7) is 13.0. The van der Waals surface area contributed by atoms with Crippen molar-refractivity contribution in [3.05, 3.63) is 77.1 Å². The molecule has 0 saturated carbocycles. The molecule has 1 aliphatic rings. The van der Waals surface area contributed by atoms with Crippen LogP contribution >= 0.6 is 23.5 Å². The van der Waals surface area contributed by atoms with Crippen LogP contribution in [0.25, 0.3) is 11.0 Å². The van der Waals surface area contributed by atoms with Crippen LogP contribution in [-0.4, -0.2) is 31.0 Å². The van der Waals surface area contributed by atoms with Crippen LogP contribution in [0.2, 0.25) is 0 Å². The number of carbonyl (C=O) groups is 2. The maximum atomic E-state index is 12.0. The molecule has 2 heterocycles. The van der Waals surface area contributed by atoms with Gasteiger partial charge in [-0.05, 0) is 65.3 Å². The lowest BCUT2D eigenvalue weighted by Crippen LogP contribution is -2.25. The third-order valence-electron chi connectivity index (χ3n) is 7.22. The van der Waals surface area contributed by atoms with Gasteiger partial charge in [-0.2, -0.15) is 0 Å². The molecule has 1 aliphatic heterocycles. The number of rotatable bonds is 7. The van der Waals surface area contributed by atoms with Gasteiger partial charge in [0, 0.05) is 28.0 Å². The number of hydrogen-bond donors (Lipinski definition) is 2. The molecule has 1 unspecified atom stereocenters. The quantitative estimate of drug-likeness (QED) is 0.226. The second-order valence-corrected chi connectivity index (χ2v) is 14.8. The van der Waals surface area contributed by atoms with E-state index in [1.54, 1.807) is 36.0 Å². The fraction of sp³-hybridized carbons (Fsp3) is 0.364. The van der Waals surface area contributed by atoms with Gasteiger partial charge in [0.1, 0.15) is 23.9 Å². The molecule has 4 aromatic rings. The summed E-state index contributed by atoms with van der Waals surface area (Å²) in [5.74, 6) is 1.21. The summed E-state index contributed by atoms with van der Waals surface area (Å²) in [5.41, 5.74) is 4.12. The van der Waals surface area contributed by atoms with Gasteiger partial charge in [0.25, 0.3) is 5.24 Å². The molecule has 1 saturated heterocycles. The molecule has 7 nitrogen and oxygen atoms in total. The van der Waals surface area contributed by atoms with Gasteiger partial charge in [-0.25, -0.2) is 4.98 Å². The number of amides is 2. The average Bonchev–Trinajstić information content (AvgIpc) is 3.36. The highest BCUT2D eigenvalue weighted by atomic mass is 32.2. The number of hydrogen-bond acceptors (Lipinski definition) is 7. The maximum Gasteiger partial charge on any atom is 0.286 e. The Hall–Kier alpha value is -3.43. The van der Waals surface area contributed by atoms with E-state index in [0.717, 1.165) is 43.3 Å². The largest absolute Gasteiger partial charge is 0.507 e. The van der Waals surface area contributed by atoms with Crippen molar-refractivity contribution in [2.75, 3.05) is 0 Å². The van der Waals surface area contributed by atoms with Crippen LogP contribution in [0, 0.1) is 0 Å². The van der Waals surface area contributed by atoms with E-state index in [1.807, 2.05) is 17.7 Å². The molecule has 1 aromatic heterocycles. The van der Waals surface area contributed by atoms with Crippen LogP contribution in [0.4, 0.5) is 4.79 Å². The van der Waals surface area contributed by atoms with Gasteiger partial charge < -0.3 is 14.4 Å². The molecule has 0 radical (unpaired) electrons. The SMILES string of the molecule is [2H]C1(Cc2ccc(OCc3nc4ccc(Sc5cc(C(C)(C)C)c(O)c(C(C)(C)C)c5)cc4n3C)cc2)SC(=O)NC1=O. The van der Waals surface area contributed by atoms with Crippen molar-refractivity contribution in [2.24, 2.45) is 7.05 Å². The van der Waals surface area contributed by atoms with Gasteiger partial charge in [0.2, 0.25) is 5.91 Å². The molecule has 220 valence electrons. The molecule has 0 bridgehead atoms. The Balaban J connectivity index is 1.31. The number of ether oxygens (including phenoxy) is 1. The highest BCUT2D eigenvalue weighted by Crippen LogP contribution is 2.43. The van der Waals surface area contributed by atoms with Crippen LogP contribution in [0.1, 0.15) is 65.4 Å². The first-order valence-corrected chi connectivity index (χ1v) is 15.4. The zero-order chi connectivity index (χ0) is 31.3. The molecule has 9 heteroatoms. The van der Waals surface area contributed by atoms with Crippen LogP contribution in [-0.2, 0) is 35.7 Å². The number of nitrogens with zero attached hydrogens (tertiary/aromatic N) is 2. The molecular formula is C33H37N3O4S2. The Bertz CT molecular complexity index is 1690. The normalized spacial score (nSPS) is 17.9. The summed E-state index contributed by atoms with van der Waals surface area (Å²) in [6, 6.07) is 17.6. The standard InChI is InChI=1S/C33H37N3O4S2/c1-32(2,3)23-15-22(16-24(29(23)37)33(4,5)6)41-21-12-13-25-26(17-21)36(7)28(34-25)18-40-20-10-8-19(9-11-20)14-27-30(38)35-31(39)42-27/h8-13,15-17,27,37H,14,18H2,1-7H3,(H,35,38,39)/i27D. The van der Waals surface area contributed by atoms with E-state index in [9.17, 15) is 14.7 Å². The Morgan fingerprint density at radius 1 is 1.00 bits per heavy atom. The molecule has 0 aliphatic carbocycles. The first kappa shape index (κ1) is 28.7. The lowest BCUT2D eigenvalue weighted by Gasteiger charge is -2.28. The summed E-state index contributed by atoms with van der Waals surface area (Å²) >= 11 is 2.37. The number of carbonyl (C=O) groups excluding carboxylic acids is 2. The Kier molecular flexibility index (Phi) is 7.74. The number of phenolic OH excluding ortho intramolecular Hbond substituents is 1. The predicted molar refractivity (Wildman–Crippen MR) is 170 cm³/mol. The number of imidazole rings is 1. The van der Waals surface area contributed by atoms with E-state index in [0.29, 0.717) is 23.3 Å². The second-order valence-electron chi connectivity index (χ2n) is 12.6. The van der Waals surface area contributed by atoms with Crippen LogP contribution < -0.4 is 10.1 Å². The number of benzene rings is 3. The third kappa shape index (κ3) is 6.47. The van der Waals surface area contributed by atoms with Gasteiger partial charge in [-0.3, -0.25) is 14.9 Å². The number of phenols is 1. The topological polar surface area (TPSA) is 93.4 Å². The van der Waals surface area contributed by atoms with Gasteiger partial charge in [0.15, 0.2) is 0 Å². The summed E-state index contributed by atoms with van der Waals surface area (Å²) in [4.78, 5) is 30.4. The number of aromatic hydroxyl groups is 1. The minimum atomic E-state index is -1.55. The lowest BCUT2D eigenvalue weighted by molar-refractivity contribution is -0.118. The monoisotopic (exact) mass is 604 g/mol. The number of nitrogens with one attached hydrogen (secondary N) is 1. The van der Waals surface area contributed by atoms with Crippen molar-refractivity contribution >= 4 is 45.7 Å². The summed E-state index contributed by atoms with van der Waals surface area (Å²) in [5, 5.41) is 11.2. The third-order valence-corrected chi connectivity index (χ3v) is 9.05. The highest BCUT2D eigenvalue weighted by Gasteiger charge is 2.31. The first-order chi connectivity index (χ1) is 20.0. The van der Waals surface area contributed by atoms with E-state index in [-0.39, 0.29) is 23.9 Å². The molecule has 1 atom stereocenters. The fourth-order valence-corrected chi connectivity index (χ4v) is 6.54. The van der Waals surface area contributed by atoms with E-state index in [2.05, 4.69) is 71.1 Å². The van der Waals surface area contributed by atoms with Gasteiger partial charge in [0.05, 0.1) is 17.6 Å². The summed E-state index contributed by atoms with van der Waals surface area (Å²) in [6.07, 6.45) is 0.125. The Morgan fingerprint density at radius 2 is 1.64 bits per heavy atom. The van der Waals surface area contributed by atoms with E-state index < -0.39 is 16.4 Å². The van der Waals surface area contributed by atoms with Crippen molar-refractivity contribution < 1.29 is 20.8 Å². The lowest BCUT2D eigenvalue weighted by atomic mass is 9.79. The van der Waals surface area contributed by atoms with Gasteiger partial charge in [-0.1, -0.05) is 77.2 Å². The van der Waals surface area contributed by atoms with Crippen molar-refractivity contribution in [1.82, 2.24) is 14.9 Å². The number of aryl methyl sites for hydroxylation is 1. The van der Waals surface area contributed by atoms with Crippen LogP contribution in [0.5, 0.6) is 11.5 Å². The number of imide groups is 1. The average molecular weight is 605 g/mol. The number of thioether (sulfide) groups is 1. The van der Waals surface area contributed by atoms with Crippen molar-refractivity contribution in [2.45, 2.75) is 80.4 Å². The van der Waals surface area contributed by atoms with Gasteiger partial charge in [-0.15, -0.1) is 0 Å². The minimum Gasteiger partial charge on any atom is -0.507 e. The van der Waals surface area contributed by atoms with E-state index in [4.69, 9.17) is 11.1 Å². The van der Waals surface area contributed by atoms with Crippen molar-refractivity contribution in [1.29, 1.82) is 0 Å². The maximum absolute atomic E-state index is 12.0. The molecule has 0 spiro atoms. The number of fused-ring (bicyclic) bond motifs is 1. The van der Waals surface area contributed by atoms with Gasteiger partial charge >= 0.3 is 0 Å². The predicted octanol–water partition coefficient (Wildman–Crippen LogP) is 7.50. The molecule has 42 heavy (non-hydrogen) atoms. The van der Waals surface area contributed by atoms with Crippen LogP contribution in [0.3, 0.4) is 0 Å². The smallest absolute Gasteiger partial charge is 0.286 e. The fourth-order valence-electron chi connectivity index (χ4n) is 4.86. The second kappa shape index (κ2) is 11.3. The minimum absolute atomic E-state index is 0.125. The molecule has 1 fully saturated rings. The zero-order valence-electron chi connectivity index (χ0n) is 26.0. The molecule has 2 amide bonds. The molecular weight excluding hydrogens is 567 g/mol. The van der Waals surface area contributed by atoms with Crippen molar-refractivity contribution in [3.63, 3.8) is 0 Å². The molecule has 5 rings (SSSR count). The Labute approximate surface area is 256 Å². The van der Waals surface area contributed by atoms with Crippen molar-refractivity contribution in [3.8, 4) is 11.5 Å². The van der Waals surface area contributed by atoms with E-state index >= 15 is 0 Å². The zero-order valence-corrected chi connectivity index (χ0v) is 26.6. The van der Waals surface area contributed by atoms with Crippen LogP contribution in [0.15, 0.2) is 64.4 Å². The van der Waals surface area contributed by atoms with E-state index in [1.165, 1.54) is 0 Å². The molecule has 3 aromatic carbocycles. The summed E-state index contributed by atoms with van der Waals surface area (Å²) < 4.78 is 16.4. The Morgan fingerprint density at radius 3 is 2.21 bits per heavy atom. The first-order valence-electron chi connectivity index (χ1n) is 14.3. The molecule has 2 N–H and O–H groups in total.